The highest BCUT2D eigenvalue weighted by Gasteiger charge is 2.52. The number of fused-ring (bicyclic) bond motifs is 1. The number of methoxy groups -OCH3 is 1. The van der Waals surface area contributed by atoms with Gasteiger partial charge in [0.05, 0.1) is 23.5 Å². The number of hydrogen-bond acceptors (Lipinski definition) is 11. The van der Waals surface area contributed by atoms with Crippen LogP contribution in [0, 0.1) is 5.82 Å². The Balaban J connectivity index is 1.16. The van der Waals surface area contributed by atoms with E-state index < -0.39 is 36.1 Å². The van der Waals surface area contributed by atoms with Crippen LogP contribution in [0.1, 0.15) is 25.6 Å². The van der Waals surface area contributed by atoms with Crippen LogP contribution in [0.15, 0.2) is 79.0 Å². The number of amides is 2. The van der Waals surface area contributed by atoms with Crippen molar-refractivity contribution in [2.75, 3.05) is 22.6 Å². The molecule has 3 aromatic carbocycles. The van der Waals surface area contributed by atoms with E-state index in [2.05, 4.69) is 25.3 Å². The van der Waals surface area contributed by atoms with Crippen LogP contribution < -0.4 is 15.5 Å². The highest BCUT2D eigenvalue weighted by molar-refractivity contribution is 7.22. The number of carbonyl (C=O) groups excluding carboxylic acids is 3. The van der Waals surface area contributed by atoms with Crippen molar-refractivity contribution in [2.24, 2.45) is 0 Å². The summed E-state index contributed by atoms with van der Waals surface area (Å²) in [6, 6.07) is 20.0. The average Bonchev–Trinajstić information content (AvgIpc) is 3.53. The number of carbonyl (C=O) groups is 3. The van der Waals surface area contributed by atoms with E-state index >= 15 is 0 Å². The lowest BCUT2D eigenvalue weighted by molar-refractivity contribution is -0.117. The summed E-state index contributed by atoms with van der Waals surface area (Å²) in [7, 11) is 1.24. The van der Waals surface area contributed by atoms with Gasteiger partial charge in [-0.2, -0.15) is 0 Å². The number of epoxide rings is 1. The van der Waals surface area contributed by atoms with Crippen LogP contribution in [0.5, 0.6) is 0 Å². The lowest BCUT2D eigenvalue weighted by atomic mass is 10.1. The van der Waals surface area contributed by atoms with E-state index in [1.54, 1.807) is 41.3 Å². The van der Waals surface area contributed by atoms with Crippen LogP contribution in [-0.4, -0.2) is 58.4 Å². The van der Waals surface area contributed by atoms with E-state index in [-0.39, 0.29) is 22.5 Å². The van der Waals surface area contributed by atoms with Crippen molar-refractivity contribution in [2.45, 2.75) is 25.0 Å². The van der Waals surface area contributed by atoms with E-state index in [0.717, 1.165) is 21.6 Å². The van der Waals surface area contributed by atoms with Gasteiger partial charge in [0.25, 0.3) is 11.8 Å². The summed E-state index contributed by atoms with van der Waals surface area (Å²) in [6.07, 6.45) is -1.86. The Labute approximate surface area is 257 Å². The van der Waals surface area contributed by atoms with E-state index in [1.807, 2.05) is 24.3 Å². The largest absolute Gasteiger partial charge is 0.465 e. The molecule has 0 bridgehead atoms. The smallest absolute Gasteiger partial charge is 0.349 e. The third-order valence-electron chi connectivity index (χ3n) is 6.76. The number of aliphatic hydroxyl groups excluding tert-OH is 1. The molecule has 0 saturated carbocycles. The van der Waals surface area contributed by atoms with Gasteiger partial charge in [0, 0.05) is 17.8 Å². The predicted octanol–water partition coefficient (Wildman–Crippen LogP) is 4.66. The van der Waals surface area contributed by atoms with Crippen molar-refractivity contribution < 1.29 is 33.4 Å². The first kappa shape index (κ1) is 29.3. The minimum Gasteiger partial charge on any atom is -0.465 e. The summed E-state index contributed by atoms with van der Waals surface area (Å²) in [4.78, 5) is 47.7. The number of benzene rings is 3. The van der Waals surface area contributed by atoms with E-state index in [1.165, 1.54) is 36.8 Å². The normalized spacial score (nSPS) is 16.2. The number of nitrogens with zero attached hydrogens (tertiary/aromatic N) is 3. The number of hydrogen-bond donors (Lipinski definition) is 3. The zero-order chi connectivity index (χ0) is 30.8. The van der Waals surface area contributed by atoms with Gasteiger partial charge in [-0.25, -0.2) is 19.2 Å². The molecule has 44 heavy (non-hydrogen) atoms. The highest BCUT2D eigenvalue weighted by Crippen LogP contribution is 2.33. The monoisotopic (exact) mass is 633 g/mol. The number of para-hydroxylation sites is 1. The Kier molecular flexibility index (Phi) is 8.30. The molecule has 3 heterocycles. The van der Waals surface area contributed by atoms with Gasteiger partial charge in [-0.05, 0) is 54.1 Å². The fourth-order valence-corrected chi connectivity index (χ4v) is 6.06. The molecule has 0 spiro atoms. The molecule has 3 N–H and O–H groups in total. The van der Waals surface area contributed by atoms with Gasteiger partial charge in [-0.3, -0.25) is 20.2 Å². The first-order chi connectivity index (χ1) is 21.3. The van der Waals surface area contributed by atoms with Crippen LogP contribution in [0.3, 0.4) is 0 Å². The number of aromatic nitrogens is 2. The molecule has 0 radical (unpaired) electrons. The molecule has 5 aromatic rings. The van der Waals surface area contributed by atoms with Crippen LogP contribution in [0.4, 0.5) is 20.3 Å². The molecular weight excluding hydrogens is 609 g/mol. The van der Waals surface area contributed by atoms with Crippen LogP contribution in [-0.2, 0) is 20.8 Å². The predicted molar refractivity (Wildman–Crippen MR) is 163 cm³/mol. The molecule has 6 rings (SSSR count). The van der Waals surface area contributed by atoms with Gasteiger partial charge in [0.2, 0.25) is 0 Å². The molecule has 1 aliphatic heterocycles. The van der Waals surface area contributed by atoms with Crippen LogP contribution in [0.2, 0.25) is 0 Å². The summed E-state index contributed by atoms with van der Waals surface area (Å²) in [5.74, 6) is -1.86. The summed E-state index contributed by atoms with van der Waals surface area (Å²) in [6.45, 7) is 0.155. The second-order valence-electron chi connectivity index (χ2n) is 9.69. The second-order valence-corrected chi connectivity index (χ2v) is 11.7. The fourth-order valence-electron chi connectivity index (χ4n) is 4.47. The lowest BCUT2D eigenvalue weighted by Crippen LogP contribution is -2.40. The van der Waals surface area contributed by atoms with Crippen molar-refractivity contribution in [1.82, 2.24) is 9.97 Å². The molecule has 1 saturated heterocycles. The van der Waals surface area contributed by atoms with E-state index in [0.29, 0.717) is 21.9 Å². The van der Waals surface area contributed by atoms with Gasteiger partial charge in [0.1, 0.15) is 16.8 Å². The molecule has 2 unspecified atom stereocenters. The summed E-state index contributed by atoms with van der Waals surface area (Å²) in [5.41, 5.74) is 2.40. The first-order valence-electron chi connectivity index (χ1n) is 13.3. The van der Waals surface area contributed by atoms with Gasteiger partial charge in [-0.1, -0.05) is 46.9 Å². The molecule has 1 fully saturated rings. The number of ether oxygens (including phenoxy) is 2. The average molecular weight is 634 g/mol. The molecule has 2 amide bonds. The van der Waals surface area contributed by atoms with Crippen molar-refractivity contribution in [1.29, 1.82) is 0 Å². The SMILES string of the molecule is COC(=O)c1cnc(NC(=O)[C@H]2OC2C(O)N(Cc2ccc(F)cc2)c2ccc(C(=O)Nc3nc4ccccc4s3)cc2)s1. The number of thiazole rings is 2. The molecular formula is C30H24FN5O6S2. The minimum absolute atomic E-state index is 0.155. The Morgan fingerprint density at radius 3 is 2.50 bits per heavy atom. The molecule has 14 heteroatoms. The second kappa shape index (κ2) is 12.5. The number of anilines is 3. The molecule has 224 valence electrons. The van der Waals surface area contributed by atoms with Gasteiger partial charge in [0.15, 0.2) is 22.6 Å². The number of nitrogens with one attached hydrogen (secondary N) is 2. The lowest BCUT2D eigenvalue weighted by Gasteiger charge is -2.29. The highest BCUT2D eigenvalue weighted by atomic mass is 32.1. The zero-order valence-electron chi connectivity index (χ0n) is 23.0. The van der Waals surface area contributed by atoms with Gasteiger partial charge >= 0.3 is 5.97 Å². The Bertz CT molecular complexity index is 1790. The molecule has 1 aliphatic rings. The number of rotatable bonds is 10. The topological polar surface area (TPSA) is 146 Å². The molecule has 0 aliphatic carbocycles. The Hall–Kier alpha value is -4.76. The Morgan fingerprint density at radius 1 is 1.02 bits per heavy atom. The number of esters is 1. The molecule has 11 nitrogen and oxygen atoms in total. The standard InChI is InChI=1S/C30H24FN5O6S2/c1-41-28(40)22-14-32-29(44-22)35-26(38)23-24(42-23)27(39)36(15-16-6-10-18(31)11-7-16)19-12-8-17(9-13-19)25(37)34-30-33-20-4-2-3-5-21(20)43-30/h2-14,23-24,27,39H,15H2,1H3,(H,32,35,38)(H,33,34,37)/t23-,24?,27?/m0/s1. The summed E-state index contributed by atoms with van der Waals surface area (Å²) in [5, 5.41) is 17.4. The number of aliphatic hydroxyl groups is 1. The molecule has 2 aromatic heterocycles. The summed E-state index contributed by atoms with van der Waals surface area (Å²) >= 11 is 2.32. The maximum Gasteiger partial charge on any atom is 0.349 e. The van der Waals surface area contributed by atoms with E-state index in [9.17, 15) is 23.9 Å². The van der Waals surface area contributed by atoms with Crippen molar-refractivity contribution in [3.8, 4) is 0 Å². The van der Waals surface area contributed by atoms with E-state index in [4.69, 9.17) is 4.74 Å². The maximum absolute atomic E-state index is 13.6. The van der Waals surface area contributed by atoms with Crippen LogP contribution >= 0.6 is 22.7 Å². The summed E-state index contributed by atoms with van der Waals surface area (Å²) < 4.78 is 24.7. The van der Waals surface area contributed by atoms with Gasteiger partial charge < -0.3 is 19.5 Å². The first-order valence-corrected chi connectivity index (χ1v) is 14.9. The minimum atomic E-state index is -1.28. The number of halogens is 1. The van der Waals surface area contributed by atoms with Crippen molar-refractivity contribution in [3.63, 3.8) is 0 Å². The van der Waals surface area contributed by atoms with Gasteiger partial charge in [-0.15, -0.1) is 0 Å². The zero-order valence-corrected chi connectivity index (χ0v) is 24.6. The van der Waals surface area contributed by atoms with Crippen molar-refractivity contribution in [3.05, 3.63) is 101 Å². The molecule has 3 atom stereocenters. The Morgan fingerprint density at radius 2 is 1.77 bits per heavy atom. The fraction of sp³-hybridized carbons (Fsp3) is 0.167. The quantitative estimate of drug-likeness (QED) is 0.114. The third-order valence-corrected chi connectivity index (χ3v) is 8.61. The maximum atomic E-state index is 13.6. The van der Waals surface area contributed by atoms with Crippen molar-refractivity contribution >= 4 is 66.6 Å². The van der Waals surface area contributed by atoms with Crippen LogP contribution in [0.25, 0.3) is 10.2 Å². The third kappa shape index (κ3) is 6.43.